The van der Waals surface area contributed by atoms with E-state index in [-0.39, 0.29) is 11.6 Å². The van der Waals surface area contributed by atoms with E-state index in [2.05, 4.69) is 15.9 Å². The number of nitrogens with zero attached hydrogens (tertiary/aromatic N) is 1. The van der Waals surface area contributed by atoms with Gasteiger partial charge in [-0.15, -0.1) is 0 Å². The fourth-order valence-electron chi connectivity index (χ4n) is 1.06. The lowest BCUT2D eigenvalue weighted by atomic mass is 10.4. The summed E-state index contributed by atoms with van der Waals surface area (Å²) in [7, 11) is -2.25. The van der Waals surface area contributed by atoms with Gasteiger partial charge in [0.25, 0.3) is 10.0 Å². The molecule has 1 heterocycles. The SMILES string of the molecule is C[C@H](O)CN(C)S(=O)(=O)c1ccc(Br)o1. The Kier molecular flexibility index (Phi) is 3.93. The van der Waals surface area contributed by atoms with E-state index in [1.807, 2.05) is 0 Å². The molecule has 0 unspecified atom stereocenters. The molecule has 0 radical (unpaired) electrons. The van der Waals surface area contributed by atoms with Crippen molar-refractivity contribution in [2.24, 2.45) is 0 Å². The Balaban J connectivity index is 2.93. The molecule has 15 heavy (non-hydrogen) atoms. The van der Waals surface area contributed by atoms with Gasteiger partial charge in [-0.2, -0.15) is 4.31 Å². The number of aliphatic hydroxyl groups excluding tert-OH is 1. The fourth-order valence-corrected chi connectivity index (χ4v) is 2.63. The molecule has 7 heteroatoms. The van der Waals surface area contributed by atoms with Crippen molar-refractivity contribution >= 4 is 26.0 Å². The Labute approximate surface area is 96.9 Å². The summed E-state index contributed by atoms with van der Waals surface area (Å²) in [6.07, 6.45) is -0.719. The number of halogens is 1. The van der Waals surface area contributed by atoms with Gasteiger partial charge in [-0.25, -0.2) is 8.42 Å². The zero-order chi connectivity index (χ0) is 11.6. The molecule has 1 atom stereocenters. The molecule has 1 N–H and O–H groups in total. The summed E-state index contributed by atoms with van der Waals surface area (Å²) >= 11 is 3.03. The van der Waals surface area contributed by atoms with Crippen LogP contribution in [-0.2, 0) is 10.0 Å². The molecule has 1 aromatic rings. The van der Waals surface area contributed by atoms with Gasteiger partial charge in [-0.05, 0) is 35.0 Å². The van der Waals surface area contributed by atoms with Crippen LogP contribution in [0.2, 0.25) is 0 Å². The van der Waals surface area contributed by atoms with E-state index in [1.165, 1.54) is 26.1 Å². The van der Waals surface area contributed by atoms with Gasteiger partial charge in [0.2, 0.25) is 5.09 Å². The number of hydrogen-bond donors (Lipinski definition) is 1. The zero-order valence-electron chi connectivity index (χ0n) is 8.34. The van der Waals surface area contributed by atoms with Gasteiger partial charge in [0.05, 0.1) is 6.10 Å². The molecule has 0 spiro atoms. The number of likely N-dealkylation sites (N-methyl/N-ethyl adjacent to an activating group) is 1. The Morgan fingerprint density at radius 3 is 2.60 bits per heavy atom. The number of furan rings is 1. The van der Waals surface area contributed by atoms with Crippen LogP contribution < -0.4 is 0 Å². The summed E-state index contributed by atoms with van der Waals surface area (Å²) in [4.78, 5) is 0. The van der Waals surface area contributed by atoms with Crippen LogP contribution in [0.1, 0.15) is 6.92 Å². The number of aliphatic hydroxyl groups is 1. The maximum Gasteiger partial charge on any atom is 0.276 e. The second-order valence-corrected chi connectivity index (χ2v) is 5.95. The lowest BCUT2D eigenvalue weighted by Gasteiger charge is -2.16. The molecule has 0 aliphatic carbocycles. The first-order valence-electron chi connectivity index (χ1n) is 4.24. The van der Waals surface area contributed by atoms with Crippen LogP contribution in [0.4, 0.5) is 0 Å². The largest absolute Gasteiger partial charge is 0.437 e. The summed E-state index contributed by atoms with van der Waals surface area (Å²) in [6.45, 7) is 1.55. The molecule has 0 saturated heterocycles. The first-order valence-corrected chi connectivity index (χ1v) is 6.47. The third-order valence-corrected chi connectivity index (χ3v) is 3.86. The first-order chi connectivity index (χ1) is 6.84. The van der Waals surface area contributed by atoms with Crippen LogP contribution in [0.3, 0.4) is 0 Å². The van der Waals surface area contributed by atoms with Crippen molar-refractivity contribution in [2.45, 2.75) is 18.1 Å². The molecule has 1 rings (SSSR count). The molecule has 1 aromatic heterocycles. The lowest BCUT2D eigenvalue weighted by molar-refractivity contribution is 0.170. The van der Waals surface area contributed by atoms with Crippen molar-refractivity contribution in [1.82, 2.24) is 4.31 Å². The van der Waals surface area contributed by atoms with Gasteiger partial charge in [0.15, 0.2) is 4.67 Å². The number of sulfonamides is 1. The third kappa shape index (κ3) is 3.04. The topological polar surface area (TPSA) is 70.8 Å². The predicted molar refractivity (Wildman–Crippen MR) is 57.9 cm³/mol. The molecule has 0 saturated carbocycles. The maximum atomic E-state index is 11.8. The average molecular weight is 298 g/mol. The minimum absolute atomic E-state index is 0.0284. The smallest absolute Gasteiger partial charge is 0.276 e. The van der Waals surface area contributed by atoms with E-state index in [1.54, 1.807) is 0 Å². The lowest BCUT2D eigenvalue weighted by Crippen LogP contribution is -2.32. The molecule has 0 bridgehead atoms. The van der Waals surface area contributed by atoms with Gasteiger partial charge < -0.3 is 9.52 Å². The molecule has 86 valence electrons. The van der Waals surface area contributed by atoms with Crippen LogP contribution in [-0.4, -0.2) is 37.5 Å². The van der Waals surface area contributed by atoms with Crippen LogP contribution >= 0.6 is 15.9 Å². The highest BCUT2D eigenvalue weighted by atomic mass is 79.9. The van der Waals surface area contributed by atoms with Crippen LogP contribution in [0.25, 0.3) is 0 Å². The molecule has 0 aliphatic rings. The van der Waals surface area contributed by atoms with Crippen LogP contribution in [0, 0.1) is 0 Å². The van der Waals surface area contributed by atoms with Crippen molar-refractivity contribution in [3.8, 4) is 0 Å². The van der Waals surface area contributed by atoms with E-state index in [4.69, 9.17) is 9.52 Å². The molecular weight excluding hydrogens is 286 g/mol. The van der Waals surface area contributed by atoms with Crippen molar-refractivity contribution < 1.29 is 17.9 Å². The quantitative estimate of drug-likeness (QED) is 0.901. The van der Waals surface area contributed by atoms with Crippen molar-refractivity contribution in [2.75, 3.05) is 13.6 Å². The molecule has 0 aromatic carbocycles. The third-order valence-electron chi connectivity index (χ3n) is 1.73. The molecule has 0 fully saturated rings. The van der Waals surface area contributed by atoms with E-state index < -0.39 is 16.1 Å². The highest BCUT2D eigenvalue weighted by Gasteiger charge is 2.25. The monoisotopic (exact) mass is 297 g/mol. The van der Waals surface area contributed by atoms with Gasteiger partial charge >= 0.3 is 0 Å². The molecule has 0 amide bonds. The Hall–Kier alpha value is -0.370. The van der Waals surface area contributed by atoms with E-state index in [0.717, 1.165) is 4.31 Å². The molecular formula is C8H12BrNO4S. The number of hydrogen-bond acceptors (Lipinski definition) is 4. The van der Waals surface area contributed by atoms with Gasteiger partial charge in [-0.1, -0.05) is 0 Å². The highest BCUT2D eigenvalue weighted by molar-refractivity contribution is 9.10. The average Bonchev–Trinajstić information content (AvgIpc) is 2.50. The second kappa shape index (κ2) is 4.65. The van der Waals surface area contributed by atoms with Crippen LogP contribution in [0.15, 0.2) is 26.3 Å². The van der Waals surface area contributed by atoms with Crippen molar-refractivity contribution in [3.63, 3.8) is 0 Å². The van der Waals surface area contributed by atoms with Gasteiger partial charge in [-0.3, -0.25) is 0 Å². The number of rotatable bonds is 4. The Morgan fingerprint density at radius 2 is 2.20 bits per heavy atom. The van der Waals surface area contributed by atoms with Crippen molar-refractivity contribution in [1.29, 1.82) is 0 Å². The summed E-state index contributed by atoms with van der Waals surface area (Å²) in [5.74, 6) is 0. The highest BCUT2D eigenvalue weighted by Crippen LogP contribution is 2.21. The zero-order valence-corrected chi connectivity index (χ0v) is 10.7. The van der Waals surface area contributed by atoms with Gasteiger partial charge in [0, 0.05) is 13.6 Å². The maximum absolute atomic E-state index is 11.8. The standard InChI is InChI=1S/C8H12BrNO4S/c1-6(11)5-10(2)15(12,13)8-4-3-7(9)14-8/h3-4,6,11H,5H2,1-2H3/t6-/m0/s1. The normalized spacial score (nSPS) is 14.5. The minimum Gasteiger partial charge on any atom is -0.437 e. The molecule has 5 nitrogen and oxygen atoms in total. The molecule has 0 aliphatic heterocycles. The summed E-state index contributed by atoms with van der Waals surface area (Å²) in [5, 5.41) is 8.95. The van der Waals surface area contributed by atoms with E-state index in [9.17, 15) is 8.42 Å². The summed E-state index contributed by atoms with van der Waals surface area (Å²) in [5.41, 5.74) is 0. The minimum atomic E-state index is -3.64. The predicted octanol–water partition coefficient (Wildman–Crippen LogP) is 1.04. The van der Waals surface area contributed by atoms with E-state index in [0.29, 0.717) is 4.67 Å². The summed E-state index contributed by atoms with van der Waals surface area (Å²) < 4.78 is 29.9. The fraction of sp³-hybridized carbons (Fsp3) is 0.500. The van der Waals surface area contributed by atoms with Gasteiger partial charge in [0.1, 0.15) is 0 Å². The van der Waals surface area contributed by atoms with Crippen LogP contribution in [0.5, 0.6) is 0 Å². The van der Waals surface area contributed by atoms with Crippen molar-refractivity contribution in [3.05, 3.63) is 16.8 Å². The second-order valence-electron chi connectivity index (χ2n) is 3.19. The first kappa shape index (κ1) is 12.7. The Bertz CT molecular complexity index is 426. The summed E-state index contributed by atoms with van der Waals surface area (Å²) in [6, 6.07) is 2.86. The van der Waals surface area contributed by atoms with E-state index >= 15 is 0 Å². The Morgan fingerprint density at radius 1 is 1.60 bits per heavy atom.